The molecule has 0 spiro atoms. The summed E-state index contributed by atoms with van der Waals surface area (Å²) in [5, 5.41) is 0. The summed E-state index contributed by atoms with van der Waals surface area (Å²) in [5.41, 5.74) is 1.32. The maximum atomic E-state index is 12.7. The minimum Gasteiger partial charge on any atom is -0.496 e. The number of nitrogens with zero attached hydrogens (tertiary/aromatic N) is 4. The SMILES string of the molecule is COc1nc(CNS(=O)(=O)c2cc(C)c(OC)cc2C)nc(N(C)C)n1. The number of benzene rings is 1. The molecule has 1 aromatic carbocycles. The number of rotatable bonds is 7. The molecule has 0 radical (unpaired) electrons. The van der Waals surface area contributed by atoms with Crippen LogP contribution >= 0.6 is 0 Å². The Morgan fingerprint density at radius 3 is 2.31 bits per heavy atom. The van der Waals surface area contributed by atoms with Crippen molar-refractivity contribution in [3.8, 4) is 11.8 Å². The monoisotopic (exact) mass is 381 g/mol. The standard InChI is InChI=1S/C16H23N5O4S/c1-10-8-13(11(2)7-12(10)24-5)26(22,23)17-9-14-18-15(21(3)4)20-16(19-14)25-6/h7-8,17H,9H2,1-6H3. The van der Waals surface area contributed by atoms with E-state index in [0.29, 0.717) is 17.3 Å². The van der Waals surface area contributed by atoms with Crippen molar-refractivity contribution in [1.29, 1.82) is 0 Å². The summed E-state index contributed by atoms with van der Waals surface area (Å²) in [6.45, 7) is 3.41. The maximum absolute atomic E-state index is 12.7. The van der Waals surface area contributed by atoms with Crippen molar-refractivity contribution in [2.24, 2.45) is 0 Å². The van der Waals surface area contributed by atoms with E-state index in [1.54, 1.807) is 52.1 Å². The Kier molecular flexibility index (Phi) is 5.98. The van der Waals surface area contributed by atoms with Crippen molar-refractivity contribution in [1.82, 2.24) is 19.7 Å². The molecule has 1 N–H and O–H groups in total. The van der Waals surface area contributed by atoms with E-state index in [9.17, 15) is 8.42 Å². The first-order valence-corrected chi connectivity index (χ1v) is 9.27. The second-order valence-electron chi connectivity index (χ2n) is 5.84. The first-order chi connectivity index (χ1) is 12.2. The molecule has 0 saturated carbocycles. The van der Waals surface area contributed by atoms with Crippen LogP contribution in [0.5, 0.6) is 11.8 Å². The Labute approximate surface area is 153 Å². The third-order valence-corrected chi connectivity index (χ3v) is 5.18. The summed E-state index contributed by atoms with van der Waals surface area (Å²) >= 11 is 0. The first kappa shape index (κ1) is 19.9. The Balaban J connectivity index is 2.29. The van der Waals surface area contributed by atoms with Gasteiger partial charge < -0.3 is 14.4 Å². The number of hydrogen-bond acceptors (Lipinski definition) is 8. The Bertz CT molecular complexity index is 900. The zero-order valence-electron chi connectivity index (χ0n) is 15.7. The smallest absolute Gasteiger partial charge is 0.321 e. The van der Waals surface area contributed by atoms with E-state index in [4.69, 9.17) is 9.47 Å². The van der Waals surface area contributed by atoms with E-state index in [2.05, 4.69) is 19.7 Å². The van der Waals surface area contributed by atoms with Gasteiger partial charge >= 0.3 is 6.01 Å². The summed E-state index contributed by atoms with van der Waals surface area (Å²) < 4.78 is 38.2. The fourth-order valence-electron chi connectivity index (χ4n) is 2.27. The van der Waals surface area contributed by atoms with E-state index < -0.39 is 10.0 Å². The van der Waals surface area contributed by atoms with Gasteiger partial charge in [-0.2, -0.15) is 15.0 Å². The molecule has 0 unspecified atom stereocenters. The first-order valence-electron chi connectivity index (χ1n) is 7.79. The second kappa shape index (κ2) is 7.83. The molecule has 0 bridgehead atoms. The van der Waals surface area contributed by atoms with Crippen LogP contribution in [-0.4, -0.2) is 51.7 Å². The van der Waals surface area contributed by atoms with E-state index in [1.807, 2.05) is 0 Å². The molecular formula is C16H23N5O4S. The largest absolute Gasteiger partial charge is 0.496 e. The molecule has 0 aliphatic carbocycles. The van der Waals surface area contributed by atoms with Gasteiger partial charge in [-0.25, -0.2) is 13.1 Å². The number of aromatic nitrogens is 3. The van der Waals surface area contributed by atoms with Crippen LogP contribution in [0.2, 0.25) is 0 Å². The third kappa shape index (κ3) is 4.38. The third-order valence-electron chi connectivity index (χ3n) is 3.63. The molecule has 9 nitrogen and oxygen atoms in total. The molecule has 26 heavy (non-hydrogen) atoms. The van der Waals surface area contributed by atoms with E-state index >= 15 is 0 Å². The Morgan fingerprint density at radius 1 is 1.04 bits per heavy atom. The molecule has 0 fully saturated rings. The molecule has 0 atom stereocenters. The minimum atomic E-state index is -3.75. The topological polar surface area (TPSA) is 107 Å². The Morgan fingerprint density at radius 2 is 1.73 bits per heavy atom. The summed E-state index contributed by atoms with van der Waals surface area (Å²) in [6, 6.07) is 3.39. The predicted octanol–water partition coefficient (Wildman–Crippen LogP) is 1.05. The van der Waals surface area contributed by atoms with Gasteiger partial charge in [-0.05, 0) is 37.1 Å². The van der Waals surface area contributed by atoms with Gasteiger partial charge in [0.15, 0.2) is 5.82 Å². The molecule has 10 heteroatoms. The molecule has 2 rings (SSSR count). The van der Waals surface area contributed by atoms with E-state index in [-0.39, 0.29) is 23.3 Å². The number of methoxy groups -OCH3 is 2. The lowest BCUT2D eigenvalue weighted by Gasteiger charge is -2.14. The molecular weight excluding hydrogens is 358 g/mol. The lowest BCUT2D eigenvalue weighted by molar-refractivity contribution is 0.375. The molecule has 0 aliphatic heterocycles. The highest BCUT2D eigenvalue weighted by Gasteiger charge is 2.20. The number of anilines is 1. The lowest BCUT2D eigenvalue weighted by Crippen LogP contribution is -2.26. The van der Waals surface area contributed by atoms with E-state index in [1.165, 1.54) is 7.11 Å². The molecule has 2 aromatic rings. The van der Waals surface area contributed by atoms with Crippen molar-refractivity contribution in [3.05, 3.63) is 29.1 Å². The molecule has 1 heterocycles. The number of sulfonamides is 1. The van der Waals surface area contributed by atoms with Gasteiger partial charge in [0.2, 0.25) is 16.0 Å². The van der Waals surface area contributed by atoms with Gasteiger partial charge in [0.1, 0.15) is 5.75 Å². The van der Waals surface area contributed by atoms with Crippen LogP contribution in [0.4, 0.5) is 5.95 Å². The molecule has 0 aliphatic rings. The minimum absolute atomic E-state index is 0.0907. The Hall–Kier alpha value is -2.46. The van der Waals surface area contributed by atoms with Gasteiger partial charge in [-0.3, -0.25) is 0 Å². The quantitative estimate of drug-likeness (QED) is 0.758. The highest BCUT2D eigenvalue weighted by molar-refractivity contribution is 7.89. The number of nitrogens with one attached hydrogen (secondary N) is 1. The van der Waals surface area contributed by atoms with Crippen molar-refractivity contribution < 1.29 is 17.9 Å². The fourth-order valence-corrected chi connectivity index (χ4v) is 3.56. The van der Waals surface area contributed by atoms with Gasteiger partial charge in [0.25, 0.3) is 0 Å². The van der Waals surface area contributed by atoms with Gasteiger partial charge in [0, 0.05) is 14.1 Å². The molecule has 0 saturated heterocycles. The zero-order chi connectivity index (χ0) is 19.5. The van der Waals surface area contributed by atoms with Crippen LogP contribution in [0.25, 0.3) is 0 Å². The number of aryl methyl sites for hydroxylation is 2. The maximum Gasteiger partial charge on any atom is 0.321 e. The summed E-state index contributed by atoms with van der Waals surface area (Å²) in [6.07, 6.45) is 0. The lowest BCUT2D eigenvalue weighted by atomic mass is 10.1. The van der Waals surface area contributed by atoms with Crippen LogP contribution in [0.3, 0.4) is 0 Å². The van der Waals surface area contributed by atoms with Crippen molar-refractivity contribution in [2.45, 2.75) is 25.3 Å². The van der Waals surface area contributed by atoms with E-state index in [0.717, 1.165) is 5.56 Å². The molecule has 1 aromatic heterocycles. The highest BCUT2D eigenvalue weighted by Crippen LogP contribution is 2.25. The van der Waals surface area contributed by atoms with Crippen molar-refractivity contribution in [3.63, 3.8) is 0 Å². The highest BCUT2D eigenvalue weighted by atomic mass is 32.2. The average molecular weight is 381 g/mol. The summed E-state index contributed by atoms with van der Waals surface area (Å²) in [4.78, 5) is 14.3. The molecule has 0 amide bonds. The van der Waals surface area contributed by atoms with Gasteiger partial charge in [0.05, 0.1) is 25.7 Å². The van der Waals surface area contributed by atoms with Crippen LogP contribution < -0.4 is 19.1 Å². The number of ether oxygens (including phenoxy) is 2. The summed E-state index contributed by atoms with van der Waals surface area (Å²) in [5.74, 6) is 1.27. The van der Waals surface area contributed by atoms with Crippen LogP contribution in [-0.2, 0) is 16.6 Å². The molecule has 142 valence electrons. The van der Waals surface area contributed by atoms with Crippen LogP contribution in [0.1, 0.15) is 17.0 Å². The normalized spacial score (nSPS) is 11.3. The van der Waals surface area contributed by atoms with Crippen molar-refractivity contribution in [2.75, 3.05) is 33.2 Å². The van der Waals surface area contributed by atoms with Gasteiger partial charge in [-0.1, -0.05) is 0 Å². The fraction of sp³-hybridized carbons (Fsp3) is 0.438. The van der Waals surface area contributed by atoms with Crippen molar-refractivity contribution >= 4 is 16.0 Å². The predicted molar refractivity (Wildman–Crippen MR) is 97.2 cm³/mol. The average Bonchev–Trinajstić information content (AvgIpc) is 2.61. The van der Waals surface area contributed by atoms with Crippen LogP contribution in [0.15, 0.2) is 17.0 Å². The second-order valence-corrected chi connectivity index (χ2v) is 7.58. The van der Waals surface area contributed by atoms with Crippen LogP contribution in [0, 0.1) is 13.8 Å². The van der Waals surface area contributed by atoms with Gasteiger partial charge in [-0.15, -0.1) is 0 Å². The number of hydrogen-bond donors (Lipinski definition) is 1. The summed E-state index contributed by atoms with van der Waals surface area (Å²) in [7, 11) is 2.77. The zero-order valence-corrected chi connectivity index (χ0v) is 16.5.